The van der Waals surface area contributed by atoms with E-state index in [9.17, 15) is 19.2 Å². The topological polar surface area (TPSA) is 148 Å². The fourth-order valence-electron chi connectivity index (χ4n) is 2.06. The Morgan fingerprint density at radius 2 is 2.18 bits per heavy atom. The molecule has 1 saturated heterocycles. The zero-order chi connectivity index (χ0) is 20.7. The van der Waals surface area contributed by atoms with Gasteiger partial charge in [-0.3, -0.25) is 14.4 Å². The van der Waals surface area contributed by atoms with E-state index in [0.717, 1.165) is 11.3 Å². The molecule has 13 heteroatoms. The quantitative estimate of drug-likeness (QED) is 0.120. The van der Waals surface area contributed by atoms with Gasteiger partial charge in [-0.05, 0) is 6.42 Å². The molecule has 2 atom stereocenters. The summed E-state index contributed by atoms with van der Waals surface area (Å²) < 4.78 is 4.57. The molecule has 2 heterocycles. The van der Waals surface area contributed by atoms with Gasteiger partial charge in [-0.2, -0.15) is 0 Å². The van der Waals surface area contributed by atoms with E-state index in [1.165, 1.54) is 12.5 Å². The average Bonchev–Trinajstić information content (AvgIpc) is 3.14. The third-order valence-corrected chi connectivity index (χ3v) is 4.44. The van der Waals surface area contributed by atoms with Crippen LogP contribution in [0.1, 0.15) is 19.0 Å². The number of amides is 3. The first-order chi connectivity index (χ1) is 13.4. The summed E-state index contributed by atoms with van der Waals surface area (Å²) >= 11 is 6.49. The lowest BCUT2D eigenvalue weighted by Crippen LogP contribution is -2.72. The first-order valence-electron chi connectivity index (χ1n) is 8.12. The average molecular weight is 432 g/mol. The smallest absolute Gasteiger partial charge is 0.331 e. The standard InChI is InChI=1S/C15H18ClN5O6S/c1-3-4-27-21-9(7-6-28-15(17-7)18-8(22)5-16)12(23)19-10-11(14(25)26-2)20-13(10)24/h6,10-11H,3-5H2,1-2H3,(H,19,23)(H,20,24)(H,17,18,22)/b21-9-/t10-,11-/m1/s1. The van der Waals surface area contributed by atoms with E-state index in [1.54, 1.807) is 0 Å². The van der Waals surface area contributed by atoms with Crippen molar-refractivity contribution in [1.29, 1.82) is 0 Å². The number of alkyl halides is 1. The van der Waals surface area contributed by atoms with Gasteiger partial charge in [-0.25, -0.2) is 9.78 Å². The number of halogens is 1. The molecule has 0 radical (unpaired) electrons. The molecule has 1 aromatic rings. The first-order valence-corrected chi connectivity index (χ1v) is 9.53. The Bertz CT molecular complexity index is 798. The van der Waals surface area contributed by atoms with Crippen molar-refractivity contribution in [2.24, 2.45) is 5.16 Å². The number of hydrogen-bond donors (Lipinski definition) is 3. The van der Waals surface area contributed by atoms with E-state index < -0.39 is 35.8 Å². The lowest BCUT2D eigenvalue weighted by atomic mass is 9.99. The predicted molar refractivity (Wildman–Crippen MR) is 100 cm³/mol. The van der Waals surface area contributed by atoms with E-state index in [4.69, 9.17) is 16.4 Å². The van der Waals surface area contributed by atoms with Gasteiger partial charge < -0.3 is 25.5 Å². The van der Waals surface area contributed by atoms with E-state index >= 15 is 0 Å². The molecule has 0 bridgehead atoms. The van der Waals surface area contributed by atoms with E-state index in [0.29, 0.717) is 6.42 Å². The highest BCUT2D eigenvalue weighted by Crippen LogP contribution is 2.17. The normalized spacial score (nSPS) is 18.5. The summed E-state index contributed by atoms with van der Waals surface area (Å²) in [6, 6.07) is -2.10. The summed E-state index contributed by atoms with van der Waals surface area (Å²) in [5, 5.41) is 12.7. The van der Waals surface area contributed by atoms with Crippen molar-refractivity contribution < 1.29 is 28.8 Å². The highest BCUT2D eigenvalue weighted by atomic mass is 35.5. The molecule has 11 nitrogen and oxygen atoms in total. The monoisotopic (exact) mass is 431 g/mol. The molecule has 152 valence electrons. The van der Waals surface area contributed by atoms with Gasteiger partial charge in [-0.1, -0.05) is 12.1 Å². The van der Waals surface area contributed by atoms with Gasteiger partial charge in [-0.15, -0.1) is 22.9 Å². The first kappa shape index (κ1) is 21.6. The number of methoxy groups -OCH3 is 1. The molecule has 0 aromatic carbocycles. The number of rotatable bonds is 9. The molecule has 0 aliphatic carbocycles. The number of thiazole rings is 1. The molecular weight excluding hydrogens is 414 g/mol. The van der Waals surface area contributed by atoms with Crippen LogP contribution in [0.4, 0.5) is 5.13 Å². The Morgan fingerprint density at radius 1 is 1.43 bits per heavy atom. The van der Waals surface area contributed by atoms with E-state index in [1.807, 2.05) is 6.92 Å². The molecule has 1 aliphatic rings. The second-order valence-corrected chi connectivity index (χ2v) is 6.58. The molecule has 3 N–H and O–H groups in total. The molecule has 28 heavy (non-hydrogen) atoms. The Hall–Kier alpha value is -2.73. The van der Waals surface area contributed by atoms with Crippen LogP contribution < -0.4 is 16.0 Å². The Balaban J connectivity index is 2.17. The molecule has 2 rings (SSSR count). The number of ether oxygens (including phenoxy) is 1. The van der Waals surface area contributed by atoms with Crippen LogP contribution in [0, 0.1) is 0 Å². The number of β-lactam (4-membered cyclic amide) rings is 1. The lowest BCUT2D eigenvalue weighted by molar-refractivity contribution is -0.153. The van der Waals surface area contributed by atoms with Crippen LogP contribution in [0.15, 0.2) is 10.5 Å². The van der Waals surface area contributed by atoms with Crippen molar-refractivity contribution in [3.63, 3.8) is 0 Å². The van der Waals surface area contributed by atoms with Crippen LogP contribution >= 0.6 is 22.9 Å². The highest BCUT2D eigenvalue weighted by Gasteiger charge is 2.46. The van der Waals surface area contributed by atoms with Crippen LogP contribution in [0.3, 0.4) is 0 Å². The minimum atomic E-state index is -1.11. The maximum Gasteiger partial charge on any atom is 0.331 e. The second kappa shape index (κ2) is 9.99. The third-order valence-electron chi connectivity index (χ3n) is 3.44. The van der Waals surface area contributed by atoms with Crippen molar-refractivity contribution in [3.05, 3.63) is 11.1 Å². The summed E-state index contributed by atoms with van der Waals surface area (Å²) in [5.74, 6) is -2.71. The zero-order valence-corrected chi connectivity index (χ0v) is 16.6. The van der Waals surface area contributed by atoms with Crippen LogP contribution in [-0.4, -0.2) is 66.1 Å². The summed E-state index contributed by atoms with van der Waals surface area (Å²) in [5.41, 5.74) is -0.0859. The maximum atomic E-state index is 12.6. The Labute approximate surface area is 168 Å². The molecule has 1 aliphatic heterocycles. The summed E-state index contributed by atoms with van der Waals surface area (Å²) in [4.78, 5) is 56.5. The van der Waals surface area contributed by atoms with Gasteiger partial charge in [0, 0.05) is 5.38 Å². The van der Waals surface area contributed by atoms with Crippen LogP contribution in [-0.2, 0) is 28.8 Å². The molecule has 3 amide bonds. The number of hydrogen-bond acceptors (Lipinski definition) is 9. The van der Waals surface area contributed by atoms with Gasteiger partial charge >= 0.3 is 5.97 Å². The predicted octanol–water partition coefficient (Wildman–Crippen LogP) is -0.393. The van der Waals surface area contributed by atoms with Crippen molar-refractivity contribution in [2.45, 2.75) is 25.4 Å². The summed E-state index contributed by atoms with van der Waals surface area (Å²) in [7, 11) is 1.17. The van der Waals surface area contributed by atoms with Gasteiger partial charge in [0.15, 0.2) is 16.9 Å². The van der Waals surface area contributed by atoms with E-state index in [2.05, 4.69) is 30.8 Å². The Kier molecular flexibility index (Phi) is 7.70. The number of anilines is 1. The fraction of sp³-hybridized carbons (Fsp3) is 0.467. The number of oxime groups is 1. The molecule has 0 spiro atoms. The number of esters is 1. The van der Waals surface area contributed by atoms with Crippen LogP contribution in [0.5, 0.6) is 0 Å². The lowest BCUT2D eigenvalue weighted by Gasteiger charge is -2.34. The SMILES string of the molecule is CCCO/N=C(\C(=O)N[C@H]1C(=O)N[C@H]1C(=O)OC)c1csc(NC(=O)CCl)n1. The minimum Gasteiger partial charge on any atom is -0.467 e. The number of nitrogens with one attached hydrogen (secondary N) is 3. The van der Waals surface area contributed by atoms with Crippen LogP contribution in [0.25, 0.3) is 0 Å². The van der Waals surface area contributed by atoms with Crippen molar-refractivity contribution in [2.75, 3.05) is 24.9 Å². The van der Waals surface area contributed by atoms with Crippen molar-refractivity contribution in [1.82, 2.24) is 15.6 Å². The van der Waals surface area contributed by atoms with Gasteiger partial charge in [0.05, 0.1) is 7.11 Å². The fourth-order valence-corrected chi connectivity index (χ4v) is 2.84. The minimum absolute atomic E-state index is 0.123. The third kappa shape index (κ3) is 5.16. The number of carbonyl (C=O) groups is 4. The van der Waals surface area contributed by atoms with Crippen molar-refractivity contribution in [3.8, 4) is 0 Å². The molecule has 1 aromatic heterocycles. The number of carbonyl (C=O) groups excluding carboxylic acids is 4. The summed E-state index contributed by atoms with van der Waals surface area (Å²) in [6.45, 7) is 2.11. The highest BCUT2D eigenvalue weighted by molar-refractivity contribution is 7.14. The van der Waals surface area contributed by atoms with Crippen LogP contribution in [0.2, 0.25) is 0 Å². The zero-order valence-electron chi connectivity index (χ0n) is 15.0. The molecule has 1 fully saturated rings. The summed E-state index contributed by atoms with van der Waals surface area (Å²) in [6.07, 6.45) is 0.655. The number of nitrogens with zero attached hydrogens (tertiary/aromatic N) is 2. The molecular formula is C15H18ClN5O6S. The van der Waals surface area contributed by atoms with E-state index in [-0.39, 0.29) is 29.0 Å². The van der Waals surface area contributed by atoms with Gasteiger partial charge in [0.2, 0.25) is 11.8 Å². The van der Waals surface area contributed by atoms with Gasteiger partial charge in [0.1, 0.15) is 24.2 Å². The molecule has 0 saturated carbocycles. The van der Waals surface area contributed by atoms with Crippen molar-refractivity contribution >= 4 is 57.5 Å². The maximum absolute atomic E-state index is 12.6. The van der Waals surface area contributed by atoms with Gasteiger partial charge in [0.25, 0.3) is 5.91 Å². The molecule has 0 unspecified atom stereocenters. The largest absolute Gasteiger partial charge is 0.467 e. The number of aromatic nitrogens is 1. The second-order valence-electron chi connectivity index (χ2n) is 5.45. The Morgan fingerprint density at radius 3 is 2.79 bits per heavy atom.